The third-order valence-corrected chi connectivity index (χ3v) is 1.35. The minimum atomic E-state index is -4.72. The number of rotatable bonds is 2. The minimum Gasteiger partial charge on any atom is -0.226 e. The Labute approximate surface area is 61.9 Å². The molecule has 0 spiro atoms. The molecule has 1 unspecified atom stereocenters. The van der Waals surface area contributed by atoms with Crippen LogP contribution in [-0.2, 0) is 10.0 Å². The largest absolute Gasteiger partial charge is 0.285 e. The van der Waals surface area contributed by atoms with E-state index in [-0.39, 0.29) is 12.4 Å². The van der Waals surface area contributed by atoms with Crippen LogP contribution in [0.4, 0.5) is 13.2 Å². The Morgan fingerprint density at radius 1 is 1.20 bits per heavy atom. The zero-order valence-electron chi connectivity index (χ0n) is 4.50. The normalized spacial score (nSPS) is 14.5. The van der Waals surface area contributed by atoms with Crippen LogP contribution in [0.3, 0.4) is 0 Å². The van der Waals surface area contributed by atoms with E-state index in [1.165, 1.54) is 0 Å². The maximum atomic E-state index is 11.6. The van der Waals surface area contributed by atoms with Gasteiger partial charge in [0.1, 0.15) is 0 Å². The zero-order valence-corrected chi connectivity index (χ0v) is 6.13. The summed E-state index contributed by atoms with van der Waals surface area (Å²) in [5.74, 6) is 0. The van der Waals surface area contributed by atoms with Crippen molar-refractivity contribution in [2.24, 2.45) is 5.14 Å². The number of primary sulfonamides is 1. The minimum absolute atomic E-state index is 0. The fourth-order valence-corrected chi connectivity index (χ4v) is 0.430. The molecule has 0 saturated carbocycles. The van der Waals surface area contributed by atoms with E-state index in [0.29, 0.717) is 0 Å². The van der Waals surface area contributed by atoms with Crippen molar-refractivity contribution >= 4 is 22.4 Å². The highest BCUT2D eigenvalue weighted by molar-refractivity contribution is 7.89. The van der Waals surface area contributed by atoms with Crippen molar-refractivity contribution in [1.29, 1.82) is 0 Å². The molecule has 0 rings (SSSR count). The van der Waals surface area contributed by atoms with E-state index in [9.17, 15) is 21.6 Å². The molecule has 2 N–H and O–H groups in total. The summed E-state index contributed by atoms with van der Waals surface area (Å²) in [7, 11) is -4.72. The fourth-order valence-electron chi connectivity index (χ4n) is 0.143. The van der Waals surface area contributed by atoms with E-state index < -0.39 is 22.0 Å². The van der Waals surface area contributed by atoms with E-state index in [4.69, 9.17) is 0 Å². The van der Waals surface area contributed by atoms with Crippen molar-refractivity contribution in [3.63, 3.8) is 0 Å². The molecule has 0 aromatic heterocycles. The lowest BCUT2D eigenvalue weighted by molar-refractivity contribution is 0.0903. The summed E-state index contributed by atoms with van der Waals surface area (Å²) in [6.45, 7) is 0. The van der Waals surface area contributed by atoms with Crippen molar-refractivity contribution < 1.29 is 21.6 Å². The predicted molar refractivity (Wildman–Crippen MR) is 31.3 cm³/mol. The van der Waals surface area contributed by atoms with Crippen LogP contribution in [0.5, 0.6) is 0 Å². The maximum absolute atomic E-state index is 11.6. The van der Waals surface area contributed by atoms with Gasteiger partial charge >= 0.3 is 0 Å². The highest BCUT2D eigenvalue weighted by atomic mass is 35.5. The first-order valence-electron chi connectivity index (χ1n) is 1.79. The first kappa shape index (κ1) is 12.6. The molecule has 0 aliphatic heterocycles. The molecule has 0 aliphatic rings. The quantitative estimate of drug-likeness (QED) is 0.694. The second-order valence-corrected chi connectivity index (χ2v) is 2.90. The summed E-state index contributed by atoms with van der Waals surface area (Å²) >= 11 is 0. The molecule has 3 nitrogen and oxygen atoms in total. The van der Waals surface area contributed by atoms with Crippen LogP contribution in [0, 0.1) is 0 Å². The molecular weight excluding hydrogens is 195 g/mol. The zero-order chi connectivity index (χ0) is 7.65. The number of hydrogen-bond acceptors (Lipinski definition) is 2. The van der Waals surface area contributed by atoms with Gasteiger partial charge in [-0.2, -0.15) is 0 Å². The number of nitrogens with two attached hydrogens (primary N) is 1. The van der Waals surface area contributed by atoms with Crippen molar-refractivity contribution in [1.82, 2.24) is 0 Å². The molecule has 0 aliphatic carbocycles. The molecule has 1 atom stereocenters. The van der Waals surface area contributed by atoms with Crippen LogP contribution in [0.1, 0.15) is 0 Å². The predicted octanol–water partition coefficient (Wildman–Crippen LogP) is 0.257. The number of halogens is 4. The first-order chi connectivity index (χ1) is 3.85. The van der Waals surface area contributed by atoms with E-state index in [0.717, 1.165) is 0 Å². The van der Waals surface area contributed by atoms with Crippen LogP contribution < -0.4 is 5.14 Å². The molecule has 0 fully saturated rings. The van der Waals surface area contributed by atoms with Crippen LogP contribution in [-0.4, -0.2) is 20.3 Å². The molecular formula is C2H5ClF3NO2S. The topological polar surface area (TPSA) is 60.2 Å². The Kier molecular flexibility index (Phi) is 5.05. The second-order valence-electron chi connectivity index (χ2n) is 1.27. The van der Waals surface area contributed by atoms with Crippen molar-refractivity contribution in [2.45, 2.75) is 11.9 Å². The molecule has 0 heterocycles. The number of hydrogen-bond donors (Lipinski definition) is 1. The van der Waals surface area contributed by atoms with E-state index in [1.807, 2.05) is 0 Å². The number of sulfonamides is 1. The van der Waals surface area contributed by atoms with E-state index in [1.54, 1.807) is 0 Å². The fraction of sp³-hybridized carbons (Fsp3) is 1.00. The van der Waals surface area contributed by atoms with E-state index >= 15 is 0 Å². The van der Waals surface area contributed by atoms with Gasteiger partial charge in [0, 0.05) is 0 Å². The van der Waals surface area contributed by atoms with Crippen LogP contribution in [0.15, 0.2) is 0 Å². The second kappa shape index (κ2) is 3.99. The Morgan fingerprint density at radius 2 is 1.50 bits per heavy atom. The van der Waals surface area contributed by atoms with Gasteiger partial charge in [0.2, 0.25) is 10.0 Å². The third kappa shape index (κ3) is 3.91. The van der Waals surface area contributed by atoms with E-state index in [2.05, 4.69) is 5.14 Å². The maximum Gasteiger partial charge on any atom is 0.285 e. The van der Waals surface area contributed by atoms with Gasteiger partial charge in [0.25, 0.3) is 11.9 Å². The summed E-state index contributed by atoms with van der Waals surface area (Å²) in [4.78, 5) is 0. The average molecular weight is 200 g/mol. The van der Waals surface area contributed by atoms with Crippen LogP contribution in [0.2, 0.25) is 0 Å². The lowest BCUT2D eigenvalue weighted by Crippen LogP contribution is -2.30. The van der Waals surface area contributed by atoms with Crippen molar-refractivity contribution in [2.75, 3.05) is 0 Å². The van der Waals surface area contributed by atoms with Gasteiger partial charge in [0.05, 0.1) is 0 Å². The molecule has 64 valence electrons. The Bertz CT molecular complexity index is 181. The highest BCUT2D eigenvalue weighted by Crippen LogP contribution is 2.08. The molecule has 0 bridgehead atoms. The van der Waals surface area contributed by atoms with Crippen LogP contribution in [0.25, 0.3) is 0 Å². The molecule has 0 saturated heterocycles. The smallest absolute Gasteiger partial charge is 0.226 e. The van der Waals surface area contributed by atoms with Gasteiger partial charge in [-0.15, -0.1) is 12.4 Å². The Balaban J connectivity index is 0. The standard InChI is InChI=1S/C2H4F3NO2S.ClH/c3-1(4)2(5)9(6,7)8;/h1-2H,(H2,6,7,8);1H. The van der Waals surface area contributed by atoms with Gasteiger partial charge in [-0.3, -0.25) is 0 Å². The average Bonchev–Trinajstić information content (AvgIpc) is 1.62. The Hall–Kier alpha value is -0.0100. The number of alkyl halides is 3. The molecule has 0 aromatic rings. The molecule has 0 aromatic carbocycles. The summed E-state index contributed by atoms with van der Waals surface area (Å²) in [5.41, 5.74) is -3.27. The lowest BCUT2D eigenvalue weighted by atomic mass is 10.8. The SMILES string of the molecule is Cl.NS(=O)(=O)C(F)C(F)F. The molecule has 0 radical (unpaired) electrons. The van der Waals surface area contributed by atoms with Crippen molar-refractivity contribution in [3.8, 4) is 0 Å². The van der Waals surface area contributed by atoms with Gasteiger partial charge in [-0.1, -0.05) is 0 Å². The van der Waals surface area contributed by atoms with Gasteiger partial charge in [-0.25, -0.2) is 26.7 Å². The Morgan fingerprint density at radius 3 is 1.50 bits per heavy atom. The summed E-state index contributed by atoms with van der Waals surface area (Å²) in [6.07, 6.45) is -3.57. The summed E-state index contributed by atoms with van der Waals surface area (Å²) in [5, 5.41) is 4.00. The van der Waals surface area contributed by atoms with Crippen LogP contribution >= 0.6 is 12.4 Å². The summed E-state index contributed by atoms with van der Waals surface area (Å²) in [6, 6.07) is 0. The third-order valence-electron chi connectivity index (χ3n) is 0.512. The first-order valence-corrected chi connectivity index (χ1v) is 3.40. The highest BCUT2D eigenvalue weighted by Gasteiger charge is 2.30. The van der Waals surface area contributed by atoms with Crippen molar-refractivity contribution in [3.05, 3.63) is 0 Å². The van der Waals surface area contributed by atoms with Gasteiger partial charge < -0.3 is 0 Å². The lowest BCUT2D eigenvalue weighted by Gasteiger charge is -2.01. The van der Waals surface area contributed by atoms with Gasteiger partial charge in [-0.05, 0) is 0 Å². The summed E-state index contributed by atoms with van der Waals surface area (Å²) < 4.78 is 53.1. The van der Waals surface area contributed by atoms with Gasteiger partial charge in [0.15, 0.2) is 0 Å². The molecule has 0 amide bonds. The monoisotopic (exact) mass is 199 g/mol. The molecule has 10 heavy (non-hydrogen) atoms. The molecule has 8 heteroatoms.